The van der Waals surface area contributed by atoms with E-state index in [1.807, 2.05) is 0 Å². The number of rotatable bonds is 3. The minimum Gasteiger partial charge on any atom is -0.409 e. The standard InChI is InChI=1S/C8H17N3O2/c1-13-7-3-2-4-11(5-7)6-8(9)10-12/h7,12H,2-6H2,1H3,(H2,9,10). The predicted octanol–water partition coefficient (Wildman–Crippen LogP) is -0.156. The normalized spacial score (nSPS) is 26.2. The van der Waals surface area contributed by atoms with Crippen molar-refractivity contribution < 1.29 is 9.94 Å². The van der Waals surface area contributed by atoms with Crippen molar-refractivity contribution in [2.24, 2.45) is 10.9 Å². The van der Waals surface area contributed by atoms with Gasteiger partial charge in [0.25, 0.3) is 0 Å². The number of nitrogens with two attached hydrogens (primary N) is 1. The molecule has 1 heterocycles. The number of methoxy groups -OCH3 is 1. The van der Waals surface area contributed by atoms with Gasteiger partial charge in [-0.15, -0.1) is 0 Å². The maximum absolute atomic E-state index is 8.39. The van der Waals surface area contributed by atoms with Gasteiger partial charge in [-0.1, -0.05) is 5.16 Å². The van der Waals surface area contributed by atoms with Crippen molar-refractivity contribution in [1.29, 1.82) is 0 Å². The lowest BCUT2D eigenvalue weighted by Crippen LogP contribution is -2.43. The lowest BCUT2D eigenvalue weighted by molar-refractivity contribution is 0.0367. The first-order valence-electron chi connectivity index (χ1n) is 4.47. The maximum atomic E-state index is 8.39. The summed E-state index contributed by atoms with van der Waals surface area (Å²) in [6.45, 7) is 2.39. The number of piperidine rings is 1. The van der Waals surface area contributed by atoms with Crippen molar-refractivity contribution in [3.8, 4) is 0 Å². The molecule has 1 rings (SSSR count). The summed E-state index contributed by atoms with van der Waals surface area (Å²) in [5.41, 5.74) is 5.41. The van der Waals surface area contributed by atoms with E-state index >= 15 is 0 Å². The van der Waals surface area contributed by atoms with Crippen LogP contribution in [0, 0.1) is 0 Å². The zero-order valence-electron chi connectivity index (χ0n) is 7.94. The van der Waals surface area contributed by atoms with E-state index in [0.717, 1.165) is 25.9 Å². The van der Waals surface area contributed by atoms with Crippen LogP contribution in [0.15, 0.2) is 5.16 Å². The Bertz CT molecular complexity index is 184. The molecule has 0 saturated carbocycles. The molecular weight excluding hydrogens is 170 g/mol. The first kappa shape index (κ1) is 10.3. The van der Waals surface area contributed by atoms with Crippen LogP contribution < -0.4 is 5.73 Å². The van der Waals surface area contributed by atoms with Crippen molar-refractivity contribution >= 4 is 5.84 Å². The van der Waals surface area contributed by atoms with Gasteiger partial charge in [0.1, 0.15) is 0 Å². The lowest BCUT2D eigenvalue weighted by Gasteiger charge is -2.31. The van der Waals surface area contributed by atoms with E-state index in [9.17, 15) is 0 Å². The Morgan fingerprint density at radius 1 is 1.77 bits per heavy atom. The van der Waals surface area contributed by atoms with E-state index in [-0.39, 0.29) is 5.84 Å². The van der Waals surface area contributed by atoms with E-state index in [1.165, 1.54) is 0 Å². The molecule has 0 aromatic carbocycles. The molecule has 13 heavy (non-hydrogen) atoms. The van der Waals surface area contributed by atoms with E-state index in [0.29, 0.717) is 12.6 Å². The van der Waals surface area contributed by atoms with Crippen molar-refractivity contribution in [2.45, 2.75) is 18.9 Å². The highest BCUT2D eigenvalue weighted by molar-refractivity contribution is 5.81. The van der Waals surface area contributed by atoms with E-state index in [2.05, 4.69) is 10.1 Å². The highest BCUT2D eigenvalue weighted by Gasteiger charge is 2.19. The number of nitrogens with zero attached hydrogens (tertiary/aromatic N) is 2. The molecule has 0 amide bonds. The molecule has 1 fully saturated rings. The molecule has 3 N–H and O–H groups in total. The molecule has 1 atom stereocenters. The predicted molar refractivity (Wildman–Crippen MR) is 49.9 cm³/mol. The van der Waals surface area contributed by atoms with Crippen molar-refractivity contribution in [2.75, 3.05) is 26.7 Å². The van der Waals surface area contributed by atoms with Gasteiger partial charge in [0, 0.05) is 13.7 Å². The molecular formula is C8H17N3O2. The Hall–Kier alpha value is -0.810. The molecule has 0 bridgehead atoms. The molecule has 1 unspecified atom stereocenters. The Morgan fingerprint density at radius 3 is 3.15 bits per heavy atom. The fraction of sp³-hybridized carbons (Fsp3) is 0.875. The summed E-state index contributed by atoms with van der Waals surface area (Å²) in [4.78, 5) is 2.13. The highest BCUT2D eigenvalue weighted by atomic mass is 16.5. The largest absolute Gasteiger partial charge is 0.409 e. The Balaban J connectivity index is 2.34. The third kappa shape index (κ3) is 3.20. The number of likely N-dealkylation sites (tertiary alicyclic amines) is 1. The molecule has 0 aliphatic carbocycles. The van der Waals surface area contributed by atoms with Crippen LogP contribution in [0.25, 0.3) is 0 Å². The minimum atomic E-state index is 0.261. The molecule has 0 spiro atoms. The van der Waals surface area contributed by atoms with Gasteiger partial charge in [0.2, 0.25) is 0 Å². The van der Waals surface area contributed by atoms with Gasteiger partial charge in [0.15, 0.2) is 5.84 Å². The van der Waals surface area contributed by atoms with Crippen molar-refractivity contribution in [3.05, 3.63) is 0 Å². The molecule has 5 heteroatoms. The fourth-order valence-corrected chi connectivity index (χ4v) is 1.61. The van der Waals surface area contributed by atoms with Crippen LogP contribution >= 0.6 is 0 Å². The zero-order valence-corrected chi connectivity index (χ0v) is 7.94. The van der Waals surface area contributed by atoms with Gasteiger partial charge < -0.3 is 15.7 Å². The smallest absolute Gasteiger partial charge is 0.153 e. The Kier molecular flexibility index (Phi) is 3.98. The van der Waals surface area contributed by atoms with Gasteiger partial charge in [0.05, 0.1) is 12.6 Å². The number of hydrogen-bond acceptors (Lipinski definition) is 4. The summed E-state index contributed by atoms with van der Waals surface area (Å²) in [6, 6.07) is 0. The van der Waals surface area contributed by atoms with Crippen LogP contribution in [0.4, 0.5) is 0 Å². The fourth-order valence-electron chi connectivity index (χ4n) is 1.61. The first-order chi connectivity index (χ1) is 6.26. The average molecular weight is 187 g/mol. The number of hydrogen-bond donors (Lipinski definition) is 2. The molecule has 5 nitrogen and oxygen atoms in total. The molecule has 76 valence electrons. The van der Waals surface area contributed by atoms with Crippen LogP contribution in [0.5, 0.6) is 0 Å². The second-order valence-electron chi connectivity index (χ2n) is 3.33. The third-order valence-electron chi connectivity index (χ3n) is 2.31. The summed E-state index contributed by atoms with van der Waals surface area (Å²) in [5, 5.41) is 11.3. The molecule has 1 aliphatic heterocycles. The van der Waals surface area contributed by atoms with E-state index in [4.69, 9.17) is 15.7 Å². The topological polar surface area (TPSA) is 71.1 Å². The van der Waals surface area contributed by atoms with E-state index < -0.39 is 0 Å². The molecule has 0 radical (unpaired) electrons. The van der Waals surface area contributed by atoms with Crippen molar-refractivity contribution in [3.63, 3.8) is 0 Å². The van der Waals surface area contributed by atoms with Gasteiger partial charge in [-0.25, -0.2) is 0 Å². The van der Waals surface area contributed by atoms with Crippen molar-refractivity contribution in [1.82, 2.24) is 4.90 Å². The molecule has 1 aliphatic rings. The van der Waals surface area contributed by atoms with Crippen LogP contribution in [0.2, 0.25) is 0 Å². The molecule has 1 saturated heterocycles. The van der Waals surface area contributed by atoms with Crippen LogP contribution in [0.3, 0.4) is 0 Å². The lowest BCUT2D eigenvalue weighted by atomic mass is 10.1. The number of ether oxygens (including phenoxy) is 1. The summed E-state index contributed by atoms with van der Waals surface area (Å²) in [7, 11) is 1.72. The second kappa shape index (κ2) is 5.04. The second-order valence-corrected chi connectivity index (χ2v) is 3.33. The Labute approximate surface area is 78.1 Å². The first-order valence-corrected chi connectivity index (χ1v) is 4.47. The van der Waals surface area contributed by atoms with Crippen LogP contribution in [-0.4, -0.2) is 48.8 Å². The maximum Gasteiger partial charge on any atom is 0.153 e. The third-order valence-corrected chi connectivity index (χ3v) is 2.31. The molecule has 0 aromatic heterocycles. The van der Waals surface area contributed by atoms with Gasteiger partial charge in [-0.3, -0.25) is 4.90 Å². The number of oxime groups is 1. The summed E-state index contributed by atoms with van der Waals surface area (Å²) in [5.74, 6) is 0.261. The number of amidine groups is 1. The summed E-state index contributed by atoms with van der Waals surface area (Å²) >= 11 is 0. The van der Waals surface area contributed by atoms with Gasteiger partial charge in [-0.2, -0.15) is 0 Å². The summed E-state index contributed by atoms with van der Waals surface area (Å²) in [6.07, 6.45) is 2.50. The van der Waals surface area contributed by atoms with Gasteiger partial charge >= 0.3 is 0 Å². The molecule has 0 aromatic rings. The summed E-state index contributed by atoms with van der Waals surface area (Å²) < 4.78 is 5.25. The minimum absolute atomic E-state index is 0.261. The van der Waals surface area contributed by atoms with Crippen LogP contribution in [-0.2, 0) is 4.74 Å². The van der Waals surface area contributed by atoms with Crippen LogP contribution in [0.1, 0.15) is 12.8 Å². The monoisotopic (exact) mass is 187 g/mol. The quantitative estimate of drug-likeness (QED) is 0.279. The highest BCUT2D eigenvalue weighted by Crippen LogP contribution is 2.11. The Morgan fingerprint density at radius 2 is 2.54 bits per heavy atom. The average Bonchev–Trinajstić information content (AvgIpc) is 2.18. The zero-order chi connectivity index (χ0) is 9.68. The SMILES string of the molecule is COC1CCCN(CC(N)=NO)C1. The van der Waals surface area contributed by atoms with Gasteiger partial charge in [-0.05, 0) is 19.4 Å². The van der Waals surface area contributed by atoms with E-state index in [1.54, 1.807) is 7.11 Å².